The van der Waals surface area contributed by atoms with Crippen LogP contribution >= 0.6 is 0 Å². The van der Waals surface area contributed by atoms with E-state index in [1.807, 2.05) is 121 Å². The standard InChI is InChI=1S/C45H51N5O6/c1-29-24-37-39(27-35(29)47-42(53)55-44(3,4)5)50(32-18-12-11-13-19-32)28-31-26-38(30(2)25-36(31)46-37)48(43(54)56-45(6,7)8)22-16-9-10-17-23-49-40(51)33-20-14-15-21-34(33)41(49)52/h11-15,18-21,24-28H,9-10,16-17,22-23H2,1-8H3,(H,47,53). The highest BCUT2D eigenvalue weighted by Crippen LogP contribution is 2.39. The molecule has 2 aliphatic heterocycles. The molecule has 4 aromatic rings. The molecular formula is C45H51N5O6. The molecule has 0 atom stereocenters. The SMILES string of the molecule is Cc1cc2c(cc1NC(=O)OC(C)(C)C)N(c1ccccc1)C=c1cc(N(CCCCCCN3C(=O)c4ccccc4C3=O)C(=O)OC(C)(C)C)c(C)cc1=N2. The number of benzene rings is 4. The van der Waals surface area contributed by atoms with Gasteiger partial charge in [0, 0.05) is 35.9 Å². The number of fused-ring (bicyclic) bond motifs is 3. The minimum Gasteiger partial charge on any atom is -0.444 e. The average Bonchev–Trinajstić information content (AvgIpc) is 3.25. The summed E-state index contributed by atoms with van der Waals surface area (Å²) in [5.41, 5.74) is 4.89. The van der Waals surface area contributed by atoms with Crippen molar-refractivity contribution < 1.29 is 28.7 Å². The first-order chi connectivity index (χ1) is 26.5. The summed E-state index contributed by atoms with van der Waals surface area (Å²) in [6.45, 7) is 15.6. The predicted octanol–water partition coefficient (Wildman–Crippen LogP) is 9.09. The summed E-state index contributed by atoms with van der Waals surface area (Å²) >= 11 is 0. The van der Waals surface area contributed by atoms with E-state index in [1.165, 1.54) is 4.90 Å². The van der Waals surface area contributed by atoms with Gasteiger partial charge in [0.15, 0.2) is 0 Å². The van der Waals surface area contributed by atoms with E-state index >= 15 is 0 Å². The lowest BCUT2D eigenvalue weighted by atomic mass is 10.1. The first-order valence-corrected chi connectivity index (χ1v) is 19.1. The predicted molar refractivity (Wildman–Crippen MR) is 220 cm³/mol. The molecule has 1 N–H and O–H groups in total. The Bertz CT molecular complexity index is 2260. The monoisotopic (exact) mass is 757 g/mol. The molecule has 292 valence electrons. The highest BCUT2D eigenvalue weighted by Gasteiger charge is 2.34. The van der Waals surface area contributed by atoms with Gasteiger partial charge < -0.3 is 14.4 Å². The van der Waals surface area contributed by atoms with Crippen LogP contribution in [0.15, 0.2) is 83.9 Å². The van der Waals surface area contributed by atoms with Gasteiger partial charge in [0.05, 0.1) is 33.5 Å². The fourth-order valence-corrected chi connectivity index (χ4v) is 6.80. The van der Waals surface area contributed by atoms with Crippen LogP contribution in [0.25, 0.3) is 6.20 Å². The summed E-state index contributed by atoms with van der Waals surface area (Å²) in [4.78, 5) is 62.5. The van der Waals surface area contributed by atoms with Gasteiger partial charge in [0.1, 0.15) is 11.2 Å². The Morgan fingerprint density at radius 2 is 1.38 bits per heavy atom. The average molecular weight is 758 g/mol. The molecule has 0 radical (unpaired) electrons. The molecule has 11 nitrogen and oxygen atoms in total. The lowest BCUT2D eigenvalue weighted by molar-refractivity contribution is 0.0575. The molecule has 6 rings (SSSR count). The molecule has 0 saturated carbocycles. The van der Waals surface area contributed by atoms with E-state index in [0.29, 0.717) is 54.1 Å². The topological polar surface area (TPSA) is 121 Å². The van der Waals surface area contributed by atoms with Gasteiger partial charge in [-0.15, -0.1) is 0 Å². The van der Waals surface area contributed by atoms with Gasteiger partial charge >= 0.3 is 12.2 Å². The largest absolute Gasteiger partial charge is 0.444 e. The normalized spacial score (nSPS) is 13.5. The Kier molecular flexibility index (Phi) is 11.4. The van der Waals surface area contributed by atoms with E-state index in [4.69, 9.17) is 14.5 Å². The fourth-order valence-electron chi connectivity index (χ4n) is 6.80. The number of hydrogen-bond acceptors (Lipinski definition) is 8. The summed E-state index contributed by atoms with van der Waals surface area (Å²) in [6, 6.07) is 24.6. The Labute approximate surface area is 328 Å². The molecule has 4 amide bonds. The van der Waals surface area contributed by atoms with Crippen LogP contribution in [0.4, 0.5) is 38.0 Å². The van der Waals surface area contributed by atoms with Crippen LogP contribution in [0, 0.1) is 13.8 Å². The number of hydrogen-bond donors (Lipinski definition) is 1. The van der Waals surface area contributed by atoms with E-state index in [1.54, 1.807) is 29.2 Å². The van der Waals surface area contributed by atoms with E-state index in [-0.39, 0.29) is 11.8 Å². The van der Waals surface area contributed by atoms with E-state index in [9.17, 15) is 19.2 Å². The number of ether oxygens (including phenoxy) is 2. The van der Waals surface area contributed by atoms with Crippen molar-refractivity contribution >= 4 is 58.6 Å². The summed E-state index contributed by atoms with van der Waals surface area (Å²) in [7, 11) is 0. The number of unbranched alkanes of at least 4 members (excludes halogenated alkanes) is 3. The zero-order chi connectivity index (χ0) is 40.4. The van der Waals surface area contributed by atoms with Crippen molar-refractivity contribution in [3.63, 3.8) is 0 Å². The van der Waals surface area contributed by atoms with Crippen LogP contribution in [-0.2, 0) is 9.47 Å². The molecule has 0 spiro atoms. The van der Waals surface area contributed by atoms with Gasteiger partial charge in [0.2, 0.25) is 0 Å². The maximum absolute atomic E-state index is 13.9. The van der Waals surface area contributed by atoms with Crippen LogP contribution < -0.4 is 25.7 Å². The third-order valence-corrected chi connectivity index (χ3v) is 9.40. The molecule has 0 saturated heterocycles. The number of imide groups is 1. The minimum absolute atomic E-state index is 0.245. The minimum atomic E-state index is -0.711. The lowest BCUT2D eigenvalue weighted by Crippen LogP contribution is -2.39. The van der Waals surface area contributed by atoms with Crippen molar-refractivity contribution in [2.45, 2.75) is 92.3 Å². The zero-order valence-corrected chi connectivity index (χ0v) is 33.6. The van der Waals surface area contributed by atoms with E-state index in [2.05, 4.69) is 5.32 Å². The number of anilines is 4. The molecule has 0 fully saturated rings. The number of aryl methyl sites for hydroxylation is 2. The summed E-state index contributed by atoms with van der Waals surface area (Å²) in [6.07, 6.45) is 3.91. The molecule has 0 aromatic heterocycles. The Hall–Kier alpha value is -5.97. The van der Waals surface area contributed by atoms with Crippen molar-refractivity contribution in [1.29, 1.82) is 0 Å². The molecule has 2 heterocycles. The van der Waals surface area contributed by atoms with Crippen LogP contribution in [0.2, 0.25) is 0 Å². The van der Waals surface area contributed by atoms with Crippen LogP contribution in [0.1, 0.15) is 99.1 Å². The number of rotatable bonds is 10. The van der Waals surface area contributed by atoms with Crippen LogP contribution in [0.3, 0.4) is 0 Å². The Morgan fingerprint density at radius 3 is 2.02 bits per heavy atom. The summed E-state index contributed by atoms with van der Waals surface area (Å²) < 4.78 is 11.5. The van der Waals surface area contributed by atoms with Crippen molar-refractivity contribution in [2.24, 2.45) is 4.99 Å². The molecule has 56 heavy (non-hydrogen) atoms. The number of nitrogens with zero attached hydrogens (tertiary/aromatic N) is 4. The molecular weight excluding hydrogens is 707 g/mol. The molecule has 2 aliphatic rings. The van der Waals surface area contributed by atoms with Crippen LogP contribution in [0.5, 0.6) is 0 Å². The fraction of sp³-hybridized carbons (Fsp3) is 0.356. The number of carbonyl (C=O) groups is 4. The first kappa shape index (κ1) is 39.7. The third-order valence-electron chi connectivity index (χ3n) is 9.40. The van der Waals surface area contributed by atoms with E-state index < -0.39 is 23.4 Å². The first-order valence-electron chi connectivity index (χ1n) is 19.1. The maximum Gasteiger partial charge on any atom is 0.414 e. The lowest BCUT2D eigenvalue weighted by Gasteiger charge is -2.28. The Morgan fingerprint density at radius 1 is 0.750 bits per heavy atom. The van der Waals surface area contributed by atoms with Crippen molar-refractivity contribution in [2.75, 3.05) is 28.2 Å². The Balaban J connectivity index is 1.27. The van der Waals surface area contributed by atoms with Gasteiger partial charge in [-0.05, 0) is 128 Å². The van der Waals surface area contributed by atoms with E-state index in [0.717, 1.165) is 45.9 Å². The van der Waals surface area contributed by atoms with Crippen molar-refractivity contribution in [3.05, 3.63) is 112 Å². The smallest absolute Gasteiger partial charge is 0.414 e. The number of carbonyl (C=O) groups excluding carboxylic acids is 4. The summed E-state index contributed by atoms with van der Waals surface area (Å²) in [5, 5.41) is 4.44. The van der Waals surface area contributed by atoms with Gasteiger partial charge in [-0.3, -0.25) is 24.7 Å². The van der Waals surface area contributed by atoms with Gasteiger partial charge in [0.25, 0.3) is 11.8 Å². The van der Waals surface area contributed by atoms with Crippen molar-refractivity contribution in [3.8, 4) is 0 Å². The third kappa shape index (κ3) is 9.10. The molecule has 0 aliphatic carbocycles. The zero-order valence-electron chi connectivity index (χ0n) is 33.6. The summed E-state index contributed by atoms with van der Waals surface area (Å²) in [5.74, 6) is -0.489. The highest BCUT2D eigenvalue weighted by molar-refractivity contribution is 6.21. The highest BCUT2D eigenvalue weighted by atomic mass is 16.6. The van der Waals surface area contributed by atoms with Gasteiger partial charge in [-0.25, -0.2) is 14.6 Å². The second-order valence-corrected chi connectivity index (χ2v) is 16.3. The maximum atomic E-state index is 13.9. The van der Waals surface area contributed by atoms with Crippen molar-refractivity contribution in [1.82, 2.24) is 4.90 Å². The number of amides is 4. The number of para-hydroxylation sites is 1. The molecule has 0 bridgehead atoms. The van der Waals surface area contributed by atoms with Gasteiger partial charge in [-0.2, -0.15) is 0 Å². The molecule has 0 unspecified atom stereocenters. The van der Waals surface area contributed by atoms with Gasteiger partial charge in [-0.1, -0.05) is 43.2 Å². The molecule has 4 aromatic carbocycles. The quantitative estimate of drug-likeness (QED) is 0.127. The second-order valence-electron chi connectivity index (χ2n) is 16.3. The number of nitrogens with one attached hydrogen (secondary N) is 1. The second kappa shape index (κ2) is 16.0. The van der Waals surface area contributed by atoms with Crippen LogP contribution in [-0.4, -0.2) is 53.2 Å². The molecule has 11 heteroatoms.